The van der Waals surface area contributed by atoms with Gasteiger partial charge in [-0.1, -0.05) is 12.8 Å². The number of hydrogen-bond donors (Lipinski definition) is 0. The van der Waals surface area contributed by atoms with Crippen LogP contribution in [0.2, 0.25) is 0 Å². The highest BCUT2D eigenvalue weighted by atomic mass is 16.2. The molecule has 2 atom stereocenters. The molecule has 3 rings (SSSR count). The minimum absolute atomic E-state index is 0.0834. The molecule has 0 saturated carbocycles. The van der Waals surface area contributed by atoms with Crippen LogP contribution in [0.5, 0.6) is 0 Å². The summed E-state index contributed by atoms with van der Waals surface area (Å²) >= 11 is 0. The molecule has 0 spiro atoms. The van der Waals surface area contributed by atoms with Crippen LogP contribution in [-0.2, 0) is 4.79 Å². The summed E-state index contributed by atoms with van der Waals surface area (Å²) in [5.74, 6) is 1.13. The van der Waals surface area contributed by atoms with Crippen molar-refractivity contribution in [3.63, 3.8) is 0 Å². The average molecular weight is 322 g/mol. The maximum atomic E-state index is 12.7. The van der Waals surface area contributed by atoms with Gasteiger partial charge in [-0.3, -0.25) is 9.69 Å². The third-order valence-electron chi connectivity index (χ3n) is 6.09. The van der Waals surface area contributed by atoms with E-state index in [1.165, 1.54) is 71.0 Å². The zero-order chi connectivity index (χ0) is 16.1. The van der Waals surface area contributed by atoms with Crippen LogP contribution in [0.25, 0.3) is 0 Å². The second kappa shape index (κ2) is 8.48. The Balaban J connectivity index is 1.49. The van der Waals surface area contributed by atoms with Crippen LogP contribution < -0.4 is 0 Å². The number of nitrogens with zero attached hydrogens (tertiary/aromatic N) is 3. The smallest absolute Gasteiger partial charge is 0.239 e. The lowest BCUT2D eigenvalue weighted by Crippen LogP contribution is -2.51. The molecular formula is C19H35N3O. The molecule has 3 aliphatic heterocycles. The summed E-state index contributed by atoms with van der Waals surface area (Å²) in [5, 5.41) is 0. The van der Waals surface area contributed by atoms with Crippen LogP contribution in [-0.4, -0.2) is 72.5 Å². The van der Waals surface area contributed by atoms with Crippen LogP contribution in [0.3, 0.4) is 0 Å². The topological polar surface area (TPSA) is 26.8 Å². The van der Waals surface area contributed by atoms with E-state index in [0.717, 1.165) is 32.1 Å². The van der Waals surface area contributed by atoms with Gasteiger partial charge in [-0.15, -0.1) is 0 Å². The normalized spacial score (nSPS) is 29.4. The molecule has 3 fully saturated rings. The Morgan fingerprint density at radius 2 is 1.57 bits per heavy atom. The molecule has 4 heteroatoms. The summed E-state index contributed by atoms with van der Waals surface area (Å²) < 4.78 is 0. The Morgan fingerprint density at radius 1 is 0.913 bits per heavy atom. The van der Waals surface area contributed by atoms with Gasteiger partial charge in [-0.05, 0) is 71.0 Å². The predicted molar refractivity (Wildman–Crippen MR) is 94.5 cm³/mol. The number of hydrogen-bond acceptors (Lipinski definition) is 3. The Labute approximate surface area is 142 Å². The van der Waals surface area contributed by atoms with E-state index in [9.17, 15) is 4.79 Å². The van der Waals surface area contributed by atoms with Crippen molar-refractivity contribution in [3.05, 3.63) is 0 Å². The highest BCUT2D eigenvalue weighted by molar-refractivity contribution is 5.81. The molecule has 1 amide bonds. The molecular weight excluding hydrogens is 286 g/mol. The highest BCUT2D eigenvalue weighted by Gasteiger charge is 2.31. The Morgan fingerprint density at radius 3 is 2.26 bits per heavy atom. The fourth-order valence-electron chi connectivity index (χ4n) is 4.64. The molecule has 0 aliphatic carbocycles. The largest absolute Gasteiger partial charge is 0.341 e. The second-order valence-electron chi connectivity index (χ2n) is 7.93. The maximum absolute atomic E-state index is 12.7. The quantitative estimate of drug-likeness (QED) is 0.796. The van der Waals surface area contributed by atoms with Crippen molar-refractivity contribution in [1.82, 2.24) is 14.7 Å². The van der Waals surface area contributed by atoms with Crippen molar-refractivity contribution >= 4 is 5.91 Å². The van der Waals surface area contributed by atoms with Crippen LogP contribution >= 0.6 is 0 Å². The monoisotopic (exact) mass is 321 g/mol. The molecule has 4 nitrogen and oxygen atoms in total. The van der Waals surface area contributed by atoms with Crippen molar-refractivity contribution in [1.29, 1.82) is 0 Å². The van der Waals surface area contributed by atoms with Gasteiger partial charge in [-0.2, -0.15) is 0 Å². The first kappa shape index (κ1) is 17.2. The van der Waals surface area contributed by atoms with Crippen LogP contribution in [0.1, 0.15) is 58.3 Å². The fourth-order valence-corrected chi connectivity index (χ4v) is 4.64. The number of amides is 1. The Bertz CT molecular complexity index is 373. The number of likely N-dealkylation sites (tertiary alicyclic amines) is 3. The molecule has 0 N–H and O–H groups in total. The van der Waals surface area contributed by atoms with Crippen molar-refractivity contribution in [3.8, 4) is 0 Å². The van der Waals surface area contributed by atoms with E-state index in [0.29, 0.717) is 5.91 Å². The number of carbonyl (C=O) groups is 1. The van der Waals surface area contributed by atoms with E-state index in [1.54, 1.807) is 0 Å². The summed E-state index contributed by atoms with van der Waals surface area (Å²) in [6.07, 6.45) is 10.6. The Hall–Kier alpha value is -0.610. The zero-order valence-corrected chi connectivity index (χ0v) is 15.0. The minimum Gasteiger partial charge on any atom is -0.341 e. The standard InChI is InChI=1S/C19H35N3O/c1-17(19(23)21-12-6-7-13-21)22-14-8-9-18(16-22)15-20-10-4-2-3-5-11-20/h17-18H,2-16H2,1H3/t17-,18+/m1/s1. The van der Waals surface area contributed by atoms with Gasteiger partial charge in [0.15, 0.2) is 0 Å². The zero-order valence-electron chi connectivity index (χ0n) is 15.0. The SMILES string of the molecule is C[C@H](C(=O)N1CCCC1)N1CCC[C@@H](CN2CCCCCC2)C1. The first-order chi connectivity index (χ1) is 11.2. The average Bonchev–Trinajstić information content (AvgIpc) is 2.99. The Kier molecular flexibility index (Phi) is 6.35. The summed E-state index contributed by atoms with van der Waals surface area (Å²) in [6, 6.07) is 0.0834. The number of piperidine rings is 1. The molecule has 0 aromatic heterocycles. The minimum atomic E-state index is 0.0834. The first-order valence-corrected chi connectivity index (χ1v) is 9.99. The van der Waals surface area contributed by atoms with Crippen LogP contribution in [0.15, 0.2) is 0 Å². The van der Waals surface area contributed by atoms with Gasteiger partial charge >= 0.3 is 0 Å². The van der Waals surface area contributed by atoms with E-state index in [2.05, 4.69) is 21.6 Å². The molecule has 3 saturated heterocycles. The third kappa shape index (κ3) is 4.69. The molecule has 3 aliphatic rings. The van der Waals surface area contributed by atoms with E-state index in [1.807, 2.05) is 0 Å². The summed E-state index contributed by atoms with van der Waals surface area (Å²) in [5.41, 5.74) is 0. The van der Waals surface area contributed by atoms with Gasteiger partial charge in [0, 0.05) is 26.2 Å². The summed E-state index contributed by atoms with van der Waals surface area (Å²) in [6.45, 7) is 10.2. The van der Waals surface area contributed by atoms with Crippen molar-refractivity contribution in [2.45, 2.75) is 64.3 Å². The fraction of sp³-hybridized carbons (Fsp3) is 0.947. The molecule has 0 unspecified atom stereocenters. The van der Waals surface area contributed by atoms with Crippen LogP contribution in [0.4, 0.5) is 0 Å². The van der Waals surface area contributed by atoms with E-state index >= 15 is 0 Å². The molecule has 132 valence electrons. The van der Waals surface area contributed by atoms with Crippen molar-refractivity contribution in [2.24, 2.45) is 5.92 Å². The lowest BCUT2D eigenvalue weighted by Gasteiger charge is -2.39. The number of rotatable bonds is 4. The van der Waals surface area contributed by atoms with Crippen molar-refractivity contribution < 1.29 is 4.79 Å². The molecule has 3 heterocycles. The van der Waals surface area contributed by atoms with Crippen LogP contribution in [0, 0.1) is 5.92 Å². The van der Waals surface area contributed by atoms with E-state index < -0.39 is 0 Å². The molecule has 0 radical (unpaired) electrons. The molecule has 0 bridgehead atoms. The second-order valence-corrected chi connectivity index (χ2v) is 7.93. The third-order valence-corrected chi connectivity index (χ3v) is 6.09. The van der Waals surface area contributed by atoms with Crippen molar-refractivity contribution in [2.75, 3.05) is 45.8 Å². The lowest BCUT2D eigenvalue weighted by atomic mass is 9.96. The molecule has 0 aromatic rings. The molecule has 23 heavy (non-hydrogen) atoms. The van der Waals surface area contributed by atoms with Gasteiger partial charge in [0.2, 0.25) is 5.91 Å². The highest BCUT2D eigenvalue weighted by Crippen LogP contribution is 2.22. The van der Waals surface area contributed by atoms with Gasteiger partial charge < -0.3 is 9.80 Å². The first-order valence-electron chi connectivity index (χ1n) is 9.99. The molecule has 0 aromatic carbocycles. The van der Waals surface area contributed by atoms with Gasteiger partial charge in [0.1, 0.15) is 0 Å². The maximum Gasteiger partial charge on any atom is 0.239 e. The van der Waals surface area contributed by atoms with Gasteiger partial charge in [0.25, 0.3) is 0 Å². The van der Waals surface area contributed by atoms with E-state index in [-0.39, 0.29) is 6.04 Å². The van der Waals surface area contributed by atoms with Gasteiger partial charge in [0.05, 0.1) is 6.04 Å². The number of carbonyl (C=O) groups excluding carboxylic acids is 1. The summed E-state index contributed by atoms with van der Waals surface area (Å²) in [4.78, 5) is 19.9. The predicted octanol–water partition coefficient (Wildman–Crippen LogP) is 2.59. The lowest BCUT2D eigenvalue weighted by molar-refractivity contribution is -0.136. The van der Waals surface area contributed by atoms with Gasteiger partial charge in [-0.25, -0.2) is 0 Å². The summed E-state index contributed by atoms with van der Waals surface area (Å²) in [7, 11) is 0. The van der Waals surface area contributed by atoms with E-state index in [4.69, 9.17) is 0 Å².